The van der Waals surface area contributed by atoms with Crippen molar-refractivity contribution in [2.45, 2.75) is 12.5 Å². The highest BCUT2D eigenvalue weighted by molar-refractivity contribution is 5.73. The summed E-state index contributed by atoms with van der Waals surface area (Å²) in [5.74, 6) is -0.589. The van der Waals surface area contributed by atoms with Gasteiger partial charge in [0.15, 0.2) is 0 Å². The van der Waals surface area contributed by atoms with Gasteiger partial charge in [0.2, 0.25) is 0 Å². The van der Waals surface area contributed by atoms with Crippen LogP contribution in [-0.4, -0.2) is 18.1 Å². The molecule has 2 N–H and O–H groups in total. The summed E-state index contributed by atoms with van der Waals surface area (Å²) >= 11 is 0. The quantitative estimate of drug-likeness (QED) is 0.786. The smallest absolute Gasteiger partial charge is 0.306 e. The van der Waals surface area contributed by atoms with E-state index in [0.717, 1.165) is 6.42 Å². The van der Waals surface area contributed by atoms with Crippen molar-refractivity contribution >= 4 is 5.97 Å². The number of carboxylic acids is 1. The molecule has 0 bridgehead atoms. The third-order valence-corrected chi connectivity index (χ3v) is 3.05. The largest absolute Gasteiger partial charge is 0.481 e. The van der Waals surface area contributed by atoms with Crippen LogP contribution in [0.2, 0.25) is 0 Å². The number of carboxylic acid groups (broad SMARTS) is 1. The van der Waals surface area contributed by atoms with Gasteiger partial charge in [-0.05, 0) is 24.9 Å². The second kappa shape index (κ2) is 4.03. The fraction of sp³-hybridized carbons (Fsp3) is 0.417. The van der Waals surface area contributed by atoms with Crippen molar-refractivity contribution in [3.63, 3.8) is 0 Å². The zero-order valence-electron chi connectivity index (χ0n) is 8.68. The van der Waals surface area contributed by atoms with Gasteiger partial charge >= 0.3 is 5.97 Å². The Bertz CT molecular complexity index is 350. The van der Waals surface area contributed by atoms with Crippen LogP contribution in [0.1, 0.15) is 18.0 Å². The molecular formula is C12H15NO2. The maximum atomic E-state index is 10.8. The molecule has 1 fully saturated rings. The zero-order valence-corrected chi connectivity index (χ0v) is 8.68. The molecular weight excluding hydrogens is 190 g/mol. The predicted molar refractivity (Wildman–Crippen MR) is 57.5 cm³/mol. The first-order chi connectivity index (χ1) is 7.24. The van der Waals surface area contributed by atoms with Crippen molar-refractivity contribution in [2.24, 2.45) is 11.8 Å². The Labute approximate surface area is 89.1 Å². The van der Waals surface area contributed by atoms with Crippen molar-refractivity contribution in [3.8, 4) is 0 Å². The summed E-state index contributed by atoms with van der Waals surface area (Å²) in [6, 6.07) is 10.2. The molecule has 0 aromatic heterocycles. The molecule has 80 valence electrons. The highest BCUT2D eigenvalue weighted by Crippen LogP contribution is 2.47. The van der Waals surface area contributed by atoms with E-state index in [1.807, 2.05) is 37.4 Å². The molecule has 1 aliphatic rings. The molecule has 0 spiro atoms. The Morgan fingerprint density at radius 2 is 2.13 bits per heavy atom. The molecule has 3 unspecified atom stereocenters. The lowest BCUT2D eigenvalue weighted by atomic mass is 10.0. The standard InChI is InChI=1S/C12H15NO2/c1-13-11(8-5-3-2-4-6-8)9-7-10(9)12(14)15/h2-6,9-11,13H,7H2,1H3,(H,14,15). The van der Waals surface area contributed by atoms with Crippen LogP contribution in [-0.2, 0) is 4.79 Å². The van der Waals surface area contributed by atoms with Crippen LogP contribution in [0.25, 0.3) is 0 Å². The van der Waals surface area contributed by atoms with Crippen molar-refractivity contribution < 1.29 is 9.90 Å². The van der Waals surface area contributed by atoms with E-state index in [1.54, 1.807) is 0 Å². The van der Waals surface area contributed by atoms with E-state index in [2.05, 4.69) is 5.32 Å². The molecule has 0 heterocycles. The molecule has 1 saturated carbocycles. The Morgan fingerprint density at radius 1 is 1.47 bits per heavy atom. The highest BCUT2D eigenvalue weighted by Gasteiger charge is 2.47. The summed E-state index contributed by atoms with van der Waals surface area (Å²) in [7, 11) is 1.88. The summed E-state index contributed by atoms with van der Waals surface area (Å²) in [4.78, 5) is 10.8. The lowest BCUT2D eigenvalue weighted by Crippen LogP contribution is -2.20. The van der Waals surface area contributed by atoms with E-state index >= 15 is 0 Å². The van der Waals surface area contributed by atoms with Gasteiger partial charge in [-0.25, -0.2) is 0 Å². The molecule has 0 aliphatic heterocycles. The first-order valence-corrected chi connectivity index (χ1v) is 5.19. The molecule has 3 atom stereocenters. The number of aliphatic carboxylic acids is 1. The zero-order chi connectivity index (χ0) is 10.8. The first kappa shape index (κ1) is 10.2. The first-order valence-electron chi connectivity index (χ1n) is 5.19. The minimum absolute atomic E-state index is 0.164. The summed E-state index contributed by atoms with van der Waals surface area (Å²) in [6.45, 7) is 0. The second-order valence-corrected chi connectivity index (χ2v) is 4.02. The normalized spacial score (nSPS) is 25.9. The molecule has 0 saturated heterocycles. The maximum absolute atomic E-state index is 10.8. The number of nitrogens with one attached hydrogen (secondary N) is 1. The Kier molecular flexibility index (Phi) is 2.73. The van der Waals surface area contributed by atoms with Crippen LogP contribution in [0.15, 0.2) is 30.3 Å². The van der Waals surface area contributed by atoms with Gasteiger partial charge in [-0.2, -0.15) is 0 Å². The van der Waals surface area contributed by atoms with Gasteiger partial charge in [0.25, 0.3) is 0 Å². The van der Waals surface area contributed by atoms with E-state index in [-0.39, 0.29) is 17.9 Å². The van der Waals surface area contributed by atoms with Crippen LogP contribution >= 0.6 is 0 Å². The second-order valence-electron chi connectivity index (χ2n) is 4.02. The Hall–Kier alpha value is -1.35. The van der Waals surface area contributed by atoms with E-state index in [1.165, 1.54) is 5.56 Å². The van der Waals surface area contributed by atoms with Crippen LogP contribution in [0.5, 0.6) is 0 Å². The molecule has 15 heavy (non-hydrogen) atoms. The number of hydrogen-bond donors (Lipinski definition) is 2. The van der Waals surface area contributed by atoms with Gasteiger partial charge < -0.3 is 10.4 Å². The summed E-state index contributed by atoms with van der Waals surface area (Å²) < 4.78 is 0. The highest BCUT2D eigenvalue weighted by atomic mass is 16.4. The maximum Gasteiger partial charge on any atom is 0.306 e. The van der Waals surface area contributed by atoms with Gasteiger partial charge in [-0.1, -0.05) is 30.3 Å². The lowest BCUT2D eigenvalue weighted by molar-refractivity contribution is -0.138. The van der Waals surface area contributed by atoms with Crippen LogP contribution < -0.4 is 5.32 Å². The minimum Gasteiger partial charge on any atom is -0.481 e. The molecule has 1 aromatic rings. The van der Waals surface area contributed by atoms with Gasteiger partial charge in [-0.15, -0.1) is 0 Å². The molecule has 1 aromatic carbocycles. The molecule has 3 nitrogen and oxygen atoms in total. The van der Waals surface area contributed by atoms with Crippen LogP contribution in [0.4, 0.5) is 0 Å². The summed E-state index contributed by atoms with van der Waals surface area (Å²) in [5, 5.41) is 12.1. The Morgan fingerprint density at radius 3 is 2.60 bits per heavy atom. The third kappa shape index (κ3) is 2.02. The third-order valence-electron chi connectivity index (χ3n) is 3.05. The van der Waals surface area contributed by atoms with Crippen LogP contribution in [0, 0.1) is 11.8 Å². The number of rotatable bonds is 4. The minimum atomic E-state index is -0.670. The van der Waals surface area contributed by atoms with Crippen molar-refractivity contribution in [3.05, 3.63) is 35.9 Å². The Balaban J connectivity index is 2.10. The number of carbonyl (C=O) groups is 1. The van der Waals surface area contributed by atoms with E-state index < -0.39 is 5.97 Å². The topological polar surface area (TPSA) is 49.3 Å². The average Bonchev–Trinajstić information content (AvgIpc) is 3.01. The van der Waals surface area contributed by atoms with Crippen molar-refractivity contribution in [1.29, 1.82) is 0 Å². The van der Waals surface area contributed by atoms with E-state index in [9.17, 15) is 4.79 Å². The lowest BCUT2D eigenvalue weighted by Gasteiger charge is -2.15. The van der Waals surface area contributed by atoms with Crippen molar-refractivity contribution in [1.82, 2.24) is 5.32 Å². The number of hydrogen-bond acceptors (Lipinski definition) is 2. The van der Waals surface area contributed by atoms with Gasteiger partial charge in [0.05, 0.1) is 5.92 Å². The van der Waals surface area contributed by atoms with Crippen molar-refractivity contribution in [2.75, 3.05) is 7.05 Å². The predicted octanol–water partition coefficient (Wildman–Crippen LogP) is 1.67. The van der Waals surface area contributed by atoms with Crippen LogP contribution in [0.3, 0.4) is 0 Å². The van der Waals surface area contributed by atoms with Gasteiger partial charge in [0, 0.05) is 6.04 Å². The molecule has 3 heteroatoms. The number of benzene rings is 1. The SMILES string of the molecule is CNC(c1ccccc1)C1CC1C(=O)O. The fourth-order valence-corrected chi connectivity index (χ4v) is 2.16. The average molecular weight is 205 g/mol. The molecule has 0 radical (unpaired) electrons. The molecule has 0 amide bonds. The van der Waals surface area contributed by atoms with E-state index in [0.29, 0.717) is 0 Å². The van der Waals surface area contributed by atoms with E-state index in [4.69, 9.17) is 5.11 Å². The summed E-state index contributed by atoms with van der Waals surface area (Å²) in [5.41, 5.74) is 1.17. The molecule has 2 rings (SSSR count). The molecule has 1 aliphatic carbocycles. The fourth-order valence-electron chi connectivity index (χ4n) is 2.16. The van der Waals surface area contributed by atoms with Gasteiger partial charge in [-0.3, -0.25) is 4.79 Å². The monoisotopic (exact) mass is 205 g/mol. The van der Waals surface area contributed by atoms with Gasteiger partial charge in [0.1, 0.15) is 0 Å². The summed E-state index contributed by atoms with van der Waals surface area (Å²) in [6.07, 6.45) is 0.787.